The lowest BCUT2D eigenvalue weighted by atomic mass is 9.97. The van der Waals surface area contributed by atoms with Gasteiger partial charge in [-0.15, -0.1) is 0 Å². The summed E-state index contributed by atoms with van der Waals surface area (Å²) in [6.07, 6.45) is 4.36. The van der Waals surface area contributed by atoms with Gasteiger partial charge in [-0.3, -0.25) is 4.79 Å². The van der Waals surface area contributed by atoms with Gasteiger partial charge in [0.25, 0.3) is 0 Å². The van der Waals surface area contributed by atoms with E-state index in [0.717, 1.165) is 5.56 Å². The number of esters is 1. The Bertz CT molecular complexity index is 772. The molecule has 0 spiro atoms. The summed E-state index contributed by atoms with van der Waals surface area (Å²) in [6, 6.07) is 16.4. The van der Waals surface area contributed by atoms with E-state index in [-0.39, 0.29) is 11.8 Å². The molecule has 4 heteroatoms. The van der Waals surface area contributed by atoms with Crippen molar-refractivity contribution in [3.05, 3.63) is 71.8 Å². The van der Waals surface area contributed by atoms with Crippen LogP contribution in [0, 0.1) is 0 Å². The summed E-state index contributed by atoms with van der Waals surface area (Å²) in [7, 11) is 0. The molecule has 0 saturated carbocycles. The molecule has 2 aromatic rings. The molecule has 0 atom stereocenters. The molecule has 0 aliphatic carbocycles. The second-order valence-electron chi connectivity index (χ2n) is 6.16. The fourth-order valence-corrected chi connectivity index (χ4v) is 2.73. The minimum absolute atomic E-state index is 0.0470. The third-order valence-electron chi connectivity index (χ3n) is 4.47. The van der Waals surface area contributed by atoms with Gasteiger partial charge < -0.3 is 9.47 Å². The summed E-state index contributed by atoms with van der Waals surface area (Å²) in [5, 5.41) is 0. The van der Waals surface area contributed by atoms with Crippen LogP contribution in [0.25, 0.3) is 6.08 Å². The van der Waals surface area contributed by atoms with Gasteiger partial charge in [0.05, 0.1) is 6.61 Å². The Labute approximate surface area is 160 Å². The van der Waals surface area contributed by atoms with E-state index in [1.165, 1.54) is 0 Å². The lowest BCUT2D eigenvalue weighted by Gasteiger charge is -2.30. The summed E-state index contributed by atoms with van der Waals surface area (Å²) in [5.74, 6) is 0.208. The topological polar surface area (TPSA) is 52.6 Å². The number of ether oxygens (including phenoxy) is 2. The predicted octanol–water partition coefficient (Wildman–Crippen LogP) is 5.08. The van der Waals surface area contributed by atoms with Crippen LogP contribution in [0.4, 0.5) is 0 Å². The van der Waals surface area contributed by atoms with E-state index in [1.807, 2.05) is 44.2 Å². The zero-order valence-corrected chi connectivity index (χ0v) is 16.1. The quantitative estimate of drug-likeness (QED) is 0.353. The first-order chi connectivity index (χ1) is 13.0. The summed E-state index contributed by atoms with van der Waals surface area (Å²) in [4.78, 5) is 24.4. The van der Waals surface area contributed by atoms with Crippen LogP contribution in [0.5, 0.6) is 5.75 Å². The Morgan fingerprint density at radius 1 is 0.926 bits per heavy atom. The van der Waals surface area contributed by atoms with Crippen molar-refractivity contribution in [3.8, 4) is 5.75 Å². The first-order valence-corrected chi connectivity index (χ1v) is 9.28. The summed E-state index contributed by atoms with van der Waals surface area (Å²) >= 11 is 0. The maximum atomic E-state index is 12.3. The Morgan fingerprint density at radius 2 is 1.56 bits per heavy atom. The van der Waals surface area contributed by atoms with Gasteiger partial charge in [-0.25, -0.2) is 4.79 Å². The lowest BCUT2D eigenvalue weighted by molar-refractivity contribution is -0.162. The molecule has 0 heterocycles. The highest BCUT2D eigenvalue weighted by Gasteiger charge is 2.39. The van der Waals surface area contributed by atoms with E-state index in [0.29, 0.717) is 30.8 Å². The second kappa shape index (κ2) is 9.72. The van der Waals surface area contributed by atoms with Crippen molar-refractivity contribution >= 4 is 17.8 Å². The molecule has 0 N–H and O–H groups in total. The largest absolute Gasteiger partial charge is 0.476 e. The van der Waals surface area contributed by atoms with Crippen LogP contribution < -0.4 is 4.74 Å². The zero-order valence-electron chi connectivity index (χ0n) is 16.1. The van der Waals surface area contributed by atoms with Gasteiger partial charge in [0.1, 0.15) is 5.75 Å². The van der Waals surface area contributed by atoms with Gasteiger partial charge in [-0.05, 0) is 43.5 Å². The molecule has 0 unspecified atom stereocenters. The van der Waals surface area contributed by atoms with Crippen LogP contribution in [0.2, 0.25) is 0 Å². The molecule has 4 nitrogen and oxygen atoms in total. The average molecular weight is 366 g/mol. The molecule has 0 amide bonds. The molecule has 0 aliphatic heterocycles. The fraction of sp³-hybridized carbons (Fsp3) is 0.304. The number of ketones is 1. The molecule has 2 rings (SSSR count). The molecule has 27 heavy (non-hydrogen) atoms. The molecule has 0 bridgehead atoms. The van der Waals surface area contributed by atoms with Gasteiger partial charge in [0, 0.05) is 5.56 Å². The molecular weight excluding hydrogens is 340 g/mol. The zero-order chi connectivity index (χ0) is 19.7. The smallest absolute Gasteiger partial charge is 0.350 e. The molecular formula is C23H26O4. The molecule has 0 aliphatic rings. The Kier molecular flexibility index (Phi) is 7.35. The lowest BCUT2D eigenvalue weighted by Crippen LogP contribution is -2.44. The monoisotopic (exact) mass is 366 g/mol. The molecule has 0 saturated heterocycles. The molecule has 0 fully saturated rings. The molecule has 0 radical (unpaired) electrons. The van der Waals surface area contributed by atoms with Gasteiger partial charge in [-0.1, -0.05) is 62.4 Å². The van der Waals surface area contributed by atoms with Gasteiger partial charge >= 0.3 is 5.97 Å². The Balaban J connectivity index is 2.09. The van der Waals surface area contributed by atoms with Crippen molar-refractivity contribution in [3.63, 3.8) is 0 Å². The van der Waals surface area contributed by atoms with Crippen LogP contribution in [0.1, 0.15) is 49.5 Å². The number of allylic oxidation sites excluding steroid dienone is 1. The number of hydrogen-bond donors (Lipinski definition) is 0. The van der Waals surface area contributed by atoms with Gasteiger partial charge in [0.15, 0.2) is 5.78 Å². The first-order valence-electron chi connectivity index (χ1n) is 9.28. The van der Waals surface area contributed by atoms with Crippen molar-refractivity contribution in [1.29, 1.82) is 0 Å². The number of rotatable bonds is 9. The van der Waals surface area contributed by atoms with E-state index >= 15 is 0 Å². The average Bonchev–Trinajstić information content (AvgIpc) is 2.72. The highest BCUT2D eigenvalue weighted by molar-refractivity contribution is 6.06. The van der Waals surface area contributed by atoms with Crippen LogP contribution in [-0.4, -0.2) is 24.0 Å². The van der Waals surface area contributed by atoms with E-state index < -0.39 is 5.60 Å². The number of benzene rings is 2. The highest BCUT2D eigenvalue weighted by atomic mass is 16.6. The van der Waals surface area contributed by atoms with E-state index in [1.54, 1.807) is 43.3 Å². The van der Waals surface area contributed by atoms with Crippen molar-refractivity contribution in [2.45, 2.75) is 39.2 Å². The SMILES string of the molecule is CCOC(=O)C(CC)(CC)Oc1ccc(C=CC(=O)c2ccccc2)cc1. The van der Waals surface area contributed by atoms with Crippen LogP contribution in [0.3, 0.4) is 0 Å². The Morgan fingerprint density at radius 3 is 2.11 bits per heavy atom. The van der Waals surface area contributed by atoms with Gasteiger partial charge in [0.2, 0.25) is 5.60 Å². The molecule has 142 valence electrons. The van der Waals surface area contributed by atoms with Crippen molar-refractivity contribution in [1.82, 2.24) is 0 Å². The van der Waals surface area contributed by atoms with Crippen LogP contribution in [0.15, 0.2) is 60.7 Å². The molecule has 0 aromatic heterocycles. The minimum Gasteiger partial charge on any atom is -0.476 e. The summed E-state index contributed by atoms with van der Waals surface area (Å²) in [6.45, 7) is 5.93. The van der Waals surface area contributed by atoms with E-state index in [2.05, 4.69) is 0 Å². The standard InChI is InChI=1S/C23H26O4/c1-4-23(5-2,22(25)26-6-3)27-20-15-12-18(13-16-20)14-17-21(24)19-10-8-7-9-11-19/h7-17H,4-6H2,1-3H3. The highest BCUT2D eigenvalue weighted by Crippen LogP contribution is 2.26. The maximum Gasteiger partial charge on any atom is 0.350 e. The number of hydrogen-bond acceptors (Lipinski definition) is 4. The second-order valence-corrected chi connectivity index (χ2v) is 6.16. The summed E-state index contributed by atoms with van der Waals surface area (Å²) in [5.41, 5.74) is 0.552. The maximum absolute atomic E-state index is 12.3. The third kappa shape index (κ3) is 5.30. The number of carbonyl (C=O) groups is 2. The van der Waals surface area contributed by atoms with Crippen LogP contribution in [-0.2, 0) is 9.53 Å². The first kappa shape index (κ1) is 20.4. The van der Waals surface area contributed by atoms with Crippen molar-refractivity contribution in [2.24, 2.45) is 0 Å². The minimum atomic E-state index is -0.976. The Hall–Kier alpha value is -2.88. The van der Waals surface area contributed by atoms with Crippen molar-refractivity contribution in [2.75, 3.05) is 6.61 Å². The fourth-order valence-electron chi connectivity index (χ4n) is 2.73. The summed E-state index contributed by atoms with van der Waals surface area (Å²) < 4.78 is 11.2. The number of carbonyl (C=O) groups excluding carboxylic acids is 2. The van der Waals surface area contributed by atoms with Crippen molar-refractivity contribution < 1.29 is 19.1 Å². The van der Waals surface area contributed by atoms with E-state index in [4.69, 9.17) is 9.47 Å². The van der Waals surface area contributed by atoms with E-state index in [9.17, 15) is 9.59 Å². The molecule has 2 aromatic carbocycles. The predicted molar refractivity (Wildman–Crippen MR) is 107 cm³/mol. The van der Waals surface area contributed by atoms with Gasteiger partial charge in [-0.2, -0.15) is 0 Å². The van der Waals surface area contributed by atoms with Crippen LogP contribution >= 0.6 is 0 Å². The normalized spacial score (nSPS) is 11.4. The third-order valence-corrected chi connectivity index (χ3v) is 4.47.